The van der Waals surface area contributed by atoms with Crippen LogP contribution in [-0.2, 0) is 26.6 Å². The number of nitrogens with zero attached hydrogens (tertiary/aromatic N) is 1. The van der Waals surface area contributed by atoms with E-state index in [2.05, 4.69) is 17.2 Å². The van der Waals surface area contributed by atoms with Crippen molar-refractivity contribution >= 4 is 11.9 Å². The van der Waals surface area contributed by atoms with Crippen molar-refractivity contribution in [2.24, 2.45) is 0 Å². The van der Waals surface area contributed by atoms with Gasteiger partial charge in [-0.15, -0.1) is 0 Å². The van der Waals surface area contributed by atoms with E-state index >= 15 is 0 Å². The molecule has 2 aliphatic heterocycles. The fourth-order valence-corrected chi connectivity index (χ4v) is 4.99. The van der Waals surface area contributed by atoms with Crippen molar-refractivity contribution in [1.82, 2.24) is 15.5 Å². The molecule has 2 fully saturated rings. The Kier molecular flexibility index (Phi) is 9.77. The quantitative estimate of drug-likeness (QED) is 0.213. The molecule has 0 saturated carbocycles. The lowest BCUT2D eigenvalue weighted by Gasteiger charge is -2.50. The van der Waals surface area contributed by atoms with Gasteiger partial charge in [0.25, 0.3) is 0 Å². The van der Waals surface area contributed by atoms with Crippen molar-refractivity contribution in [3.05, 3.63) is 71.3 Å². The predicted octanol–water partition coefficient (Wildman–Crippen LogP) is 5.55. The van der Waals surface area contributed by atoms with E-state index in [0.29, 0.717) is 30.5 Å². The molecule has 0 aliphatic carbocycles. The summed E-state index contributed by atoms with van der Waals surface area (Å²) in [6, 6.07) is 0.814. The topological polar surface area (TPSA) is 79.9 Å². The van der Waals surface area contributed by atoms with Gasteiger partial charge in [-0.25, -0.2) is 4.79 Å². The van der Waals surface area contributed by atoms with E-state index in [-0.39, 0.29) is 37.9 Å². The molecule has 0 bridgehead atoms. The zero-order chi connectivity index (χ0) is 30.6. The summed E-state index contributed by atoms with van der Waals surface area (Å²) in [6.45, 7) is 7.30. The molecular weight excluding hydrogens is 556 g/mol. The highest BCUT2D eigenvalue weighted by Crippen LogP contribution is 2.40. The second-order valence-corrected chi connectivity index (χ2v) is 10.2. The van der Waals surface area contributed by atoms with Crippen LogP contribution in [0.3, 0.4) is 0 Å². The minimum atomic E-state index is -4.98. The molecule has 13 heteroatoms. The first-order chi connectivity index (χ1) is 19.1. The largest absolute Gasteiger partial charge is 0.416 e. The number of hydrogen-bond donors (Lipinski definition) is 2. The number of carbonyl (C=O) groups is 2. The van der Waals surface area contributed by atoms with Gasteiger partial charge in [-0.1, -0.05) is 30.9 Å². The number of methoxy groups -OCH3 is 1. The van der Waals surface area contributed by atoms with Crippen molar-refractivity contribution in [3.8, 4) is 0 Å². The number of urea groups is 1. The number of nitrogens with one attached hydrogen (secondary N) is 2. The Bertz CT molecular complexity index is 1170. The van der Waals surface area contributed by atoms with E-state index in [4.69, 9.17) is 9.47 Å². The van der Waals surface area contributed by atoms with Crippen LogP contribution in [0.1, 0.15) is 49.5 Å². The van der Waals surface area contributed by atoms with Gasteiger partial charge in [0.05, 0.1) is 41.5 Å². The number of rotatable bonds is 10. The van der Waals surface area contributed by atoms with Gasteiger partial charge in [0.1, 0.15) is 6.54 Å². The number of hydrogen-bond acceptors (Lipinski definition) is 5. The molecule has 0 aromatic heterocycles. The molecule has 226 valence electrons. The smallest absolute Gasteiger partial charge is 0.382 e. The minimum absolute atomic E-state index is 0.0723. The average molecular weight is 590 g/mol. The fraction of sp³-hybridized carbons (Fsp3) is 0.500. The van der Waals surface area contributed by atoms with Gasteiger partial charge in [0.15, 0.2) is 0 Å². The van der Waals surface area contributed by atoms with Crippen molar-refractivity contribution in [2.45, 2.75) is 56.2 Å². The molecule has 0 unspecified atom stereocenters. The Morgan fingerprint density at radius 1 is 1.07 bits per heavy atom. The normalized spacial score (nSPS) is 24.9. The Morgan fingerprint density at radius 3 is 2.17 bits per heavy atom. The third-order valence-electron chi connectivity index (χ3n) is 7.43. The first-order valence-corrected chi connectivity index (χ1v) is 12.8. The molecule has 3 amide bonds. The fourth-order valence-electron chi connectivity index (χ4n) is 4.99. The molecule has 3 atom stereocenters. The summed E-state index contributed by atoms with van der Waals surface area (Å²) in [5, 5.41) is 5.61. The van der Waals surface area contributed by atoms with E-state index in [9.17, 15) is 35.9 Å². The molecular formula is C28H33F6N3O4. The van der Waals surface area contributed by atoms with Crippen LogP contribution in [-0.4, -0.2) is 61.3 Å². The van der Waals surface area contributed by atoms with Crippen molar-refractivity contribution in [1.29, 1.82) is 0 Å². The summed E-state index contributed by atoms with van der Waals surface area (Å²) >= 11 is 0. The second kappa shape index (κ2) is 12.4. The average Bonchev–Trinajstić information content (AvgIpc) is 3.25. The van der Waals surface area contributed by atoms with E-state index in [1.165, 1.54) is 18.9 Å². The lowest BCUT2D eigenvalue weighted by molar-refractivity contribution is -0.143. The zero-order valence-corrected chi connectivity index (χ0v) is 22.9. The van der Waals surface area contributed by atoms with Gasteiger partial charge in [0.2, 0.25) is 5.91 Å². The molecule has 41 heavy (non-hydrogen) atoms. The van der Waals surface area contributed by atoms with Crippen LogP contribution in [0.2, 0.25) is 0 Å². The Labute approximate surface area is 234 Å². The monoisotopic (exact) mass is 589 g/mol. The molecule has 2 aliphatic rings. The highest BCUT2D eigenvalue weighted by Gasteiger charge is 2.51. The standard InChI is InChI=1S/C28H33F6N3O4/c1-5-6-7-8-18(2)26(10-9-25(15-35-26,16-40-4)37-14-23(38)36-24(37)39)17-41-19(3)20-11-21(27(29,30)31)13-22(12-20)28(32,33)34/h5-8,11-13,19,35H,2,9-10,14-17H2,1,3-4H3,(H,36,38,39)/b6-5-,8-7-/t19-,25+,26-/m1/s1. The number of allylic oxidation sites excluding steroid dienone is 3. The molecule has 2 saturated heterocycles. The van der Waals surface area contributed by atoms with Gasteiger partial charge < -0.3 is 19.7 Å². The lowest BCUT2D eigenvalue weighted by Crippen LogP contribution is -2.68. The van der Waals surface area contributed by atoms with Crippen molar-refractivity contribution in [2.75, 3.05) is 33.4 Å². The van der Waals surface area contributed by atoms with Crippen LogP contribution in [0.4, 0.5) is 31.1 Å². The van der Waals surface area contributed by atoms with Crippen LogP contribution >= 0.6 is 0 Å². The van der Waals surface area contributed by atoms with Gasteiger partial charge in [-0.2, -0.15) is 26.3 Å². The van der Waals surface area contributed by atoms with Crippen LogP contribution in [0.5, 0.6) is 0 Å². The predicted molar refractivity (Wildman–Crippen MR) is 139 cm³/mol. The maximum atomic E-state index is 13.4. The maximum absolute atomic E-state index is 13.4. The first-order valence-electron chi connectivity index (χ1n) is 12.8. The molecule has 2 heterocycles. The summed E-state index contributed by atoms with van der Waals surface area (Å²) in [6.07, 6.45) is -3.45. The molecule has 0 spiro atoms. The third-order valence-corrected chi connectivity index (χ3v) is 7.43. The van der Waals surface area contributed by atoms with Crippen LogP contribution in [0.25, 0.3) is 0 Å². The highest BCUT2D eigenvalue weighted by molar-refractivity contribution is 6.02. The molecule has 0 radical (unpaired) electrons. The molecule has 1 aromatic rings. The number of amides is 3. The van der Waals surface area contributed by atoms with Gasteiger partial charge in [0, 0.05) is 13.7 Å². The lowest BCUT2D eigenvalue weighted by atomic mass is 9.75. The Morgan fingerprint density at radius 2 is 1.71 bits per heavy atom. The Hall–Kier alpha value is -3.16. The van der Waals surface area contributed by atoms with Crippen molar-refractivity contribution in [3.63, 3.8) is 0 Å². The molecule has 3 rings (SSSR count). The minimum Gasteiger partial charge on any atom is -0.382 e. The molecule has 2 N–H and O–H groups in total. The maximum Gasteiger partial charge on any atom is 0.416 e. The van der Waals surface area contributed by atoms with Gasteiger partial charge >= 0.3 is 18.4 Å². The van der Waals surface area contributed by atoms with Crippen molar-refractivity contribution < 1.29 is 45.4 Å². The molecule has 7 nitrogen and oxygen atoms in total. The van der Waals surface area contributed by atoms with E-state index in [0.717, 1.165) is 0 Å². The number of alkyl halides is 6. The summed E-state index contributed by atoms with van der Waals surface area (Å²) in [7, 11) is 1.47. The highest BCUT2D eigenvalue weighted by atomic mass is 19.4. The molecule has 1 aromatic carbocycles. The number of halogens is 6. The van der Waals surface area contributed by atoms with E-state index in [1.807, 2.05) is 6.92 Å². The number of benzene rings is 1. The summed E-state index contributed by atoms with van der Waals surface area (Å²) < 4.78 is 91.7. The summed E-state index contributed by atoms with van der Waals surface area (Å²) in [5.74, 6) is -0.447. The second-order valence-electron chi connectivity index (χ2n) is 10.2. The Balaban J connectivity index is 1.90. The SMILES string of the molecule is C=C(/C=C\C=C/C)[C@]1(CO[C@H](C)c2cc(C(F)(F)F)cc(C(F)(F)F)c2)CC[C@](COC)(N2CC(=O)NC2=O)CN1. The summed E-state index contributed by atoms with van der Waals surface area (Å²) in [5.41, 5.74) is -4.46. The number of piperidine rings is 1. The van der Waals surface area contributed by atoms with E-state index in [1.54, 1.807) is 24.3 Å². The van der Waals surface area contributed by atoms with Crippen LogP contribution < -0.4 is 10.6 Å². The summed E-state index contributed by atoms with van der Waals surface area (Å²) in [4.78, 5) is 25.8. The van der Waals surface area contributed by atoms with E-state index < -0.39 is 52.6 Å². The van der Waals surface area contributed by atoms with Crippen LogP contribution in [0, 0.1) is 0 Å². The first kappa shape index (κ1) is 32.4. The number of carbonyl (C=O) groups excluding carboxylic acids is 2. The number of ether oxygens (including phenoxy) is 2. The van der Waals surface area contributed by atoms with Crippen LogP contribution in [0.15, 0.2) is 54.7 Å². The third kappa shape index (κ3) is 7.38. The number of imide groups is 1. The van der Waals surface area contributed by atoms with Gasteiger partial charge in [-0.3, -0.25) is 10.1 Å². The van der Waals surface area contributed by atoms with Gasteiger partial charge in [-0.05, 0) is 56.0 Å². The zero-order valence-electron chi connectivity index (χ0n) is 22.9.